The minimum Gasteiger partial charge on any atom is -0.497 e. The zero-order valence-corrected chi connectivity index (χ0v) is 18.4. The number of nitrogens with zero attached hydrogens (tertiary/aromatic N) is 2. The van der Waals surface area contributed by atoms with Crippen molar-refractivity contribution in [3.05, 3.63) is 74.6 Å². The molecule has 6 nitrogen and oxygen atoms in total. The lowest BCUT2D eigenvalue weighted by molar-refractivity contribution is -0.132. The van der Waals surface area contributed by atoms with Gasteiger partial charge >= 0.3 is 5.63 Å². The molecule has 1 aliphatic rings. The molecule has 0 unspecified atom stereocenters. The molecule has 0 spiro atoms. The van der Waals surface area contributed by atoms with E-state index in [1.165, 1.54) is 0 Å². The molecule has 1 fully saturated rings. The Morgan fingerprint density at radius 2 is 1.90 bits per heavy atom. The van der Waals surface area contributed by atoms with Gasteiger partial charge in [-0.3, -0.25) is 9.69 Å². The summed E-state index contributed by atoms with van der Waals surface area (Å²) in [5.41, 5.74) is 2.14. The van der Waals surface area contributed by atoms with E-state index in [1.54, 1.807) is 13.2 Å². The molecule has 0 aliphatic carbocycles. The highest BCUT2D eigenvalue weighted by molar-refractivity contribution is 9.10. The molecule has 1 aliphatic heterocycles. The number of fused-ring (bicyclic) bond motifs is 1. The van der Waals surface area contributed by atoms with E-state index in [-0.39, 0.29) is 11.5 Å². The highest BCUT2D eigenvalue weighted by Gasteiger charge is 2.22. The van der Waals surface area contributed by atoms with Crippen molar-refractivity contribution in [2.75, 3.05) is 33.3 Å². The Kier molecular flexibility index (Phi) is 6.20. The third-order valence-corrected chi connectivity index (χ3v) is 5.89. The lowest BCUT2D eigenvalue weighted by Crippen LogP contribution is -2.48. The van der Waals surface area contributed by atoms with Gasteiger partial charge in [0.2, 0.25) is 5.91 Å². The Morgan fingerprint density at radius 1 is 1.10 bits per heavy atom. The van der Waals surface area contributed by atoms with Gasteiger partial charge < -0.3 is 14.1 Å². The number of rotatable bonds is 5. The van der Waals surface area contributed by atoms with Crippen LogP contribution in [0.5, 0.6) is 5.75 Å². The summed E-state index contributed by atoms with van der Waals surface area (Å²) in [6.07, 6.45) is 0.371. The minimum absolute atomic E-state index is 0.124. The van der Waals surface area contributed by atoms with Crippen LogP contribution in [-0.4, -0.2) is 49.0 Å². The molecule has 3 aromatic rings. The molecule has 1 saturated heterocycles. The van der Waals surface area contributed by atoms with Crippen molar-refractivity contribution < 1.29 is 13.9 Å². The number of carbonyl (C=O) groups is 1. The summed E-state index contributed by atoms with van der Waals surface area (Å²) in [6, 6.07) is 14.9. The molecule has 0 radical (unpaired) electrons. The summed E-state index contributed by atoms with van der Waals surface area (Å²) >= 11 is 3.41. The fourth-order valence-electron chi connectivity index (χ4n) is 3.80. The zero-order valence-electron chi connectivity index (χ0n) is 16.8. The topological polar surface area (TPSA) is 63.0 Å². The number of piperazine rings is 1. The summed E-state index contributed by atoms with van der Waals surface area (Å²) < 4.78 is 11.4. The fraction of sp³-hybridized carbons (Fsp3) is 0.304. The molecular formula is C23H23BrN2O4. The van der Waals surface area contributed by atoms with Crippen molar-refractivity contribution >= 4 is 32.8 Å². The maximum absolute atomic E-state index is 12.7. The number of halogens is 1. The average Bonchev–Trinajstić information content (AvgIpc) is 2.74. The van der Waals surface area contributed by atoms with Crippen molar-refractivity contribution in [3.8, 4) is 5.75 Å². The molecule has 0 atom stereocenters. The molecule has 30 heavy (non-hydrogen) atoms. The Hall–Kier alpha value is -2.64. The number of hydrogen-bond acceptors (Lipinski definition) is 5. The Bertz CT molecular complexity index is 1120. The molecule has 1 amide bonds. The first-order valence-corrected chi connectivity index (χ1v) is 10.7. The summed E-state index contributed by atoms with van der Waals surface area (Å²) in [4.78, 5) is 28.8. The van der Waals surface area contributed by atoms with Crippen LogP contribution in [0.15, 0.2) is 62.2 Å². The molecule has 0 bridgehead atoms. The van der Waals surface area contributed by atoms with Crippen LogP contribution >= 0.6 is 15.9 Å². The fourth-order valence-corrected chi connectivity index (χ4v) is 4.14. The quantitative estimate of drug-likeness (QED) is 0.534. The zero-order chi connectivity index (χ0) is 21.1. The Morgan fingerprint density at radius 3 is 2.67 bits per heavy atom. The highest BCUT2D eigenvalue weighted by atomic mass is 79.9. The molecule has 4 rings (SSSR count). The standard InChI is InChI=1S/C23H23BrN2O4/c1-29-19-4-2-3-16(11-19)12-22(27)26-9-7-25(8-10-26)15-17-13-23(28)30-21-14-18(24)5-6-20(17)21/h2-6,11,13-14H,7-10,12,15H2,1H3. The predicted molar refractivity (Wildman–Crippen MR) is 119 cm³/mol. The smallest absolute Gasteiger partial charge is 0.336 e. The van der Waals surface area contributed by atoms with Crippen molar-refractivity contribution in [2.45, 2.75) is 13.0 Å². The van der Waals surface area contributed by atoms with Gasteiger partial charge in [-0.2, -0.15) is 0 Å². The van der Waals surface area contributed by atoms with Gasteiger partial charge in [0.15, 0.2) is 0 Å². The summed E-state index contributed by atoms with van der Waals surface area (Å²) in [5.74, 6) is 0.885. The van der Waals surface area contributed by atoms with Crippen molar-refractivity contribution in [3.63, 3.8) is 0 Å². The van der Waals surface area contributed by atoms with Crippen molar-refractivity contribution in [1.29, 1.82) is 0 Å². The number of methoxy groups -OCH3 is 1. The van der Waals surface area contributed by atoms with E-state index in [4.69, 9.17) is 9.15 Å². The van der Waals surface area contributed by atoms with Crippen LogP contribution in [0.4, 0.5) is 0 Å². The van der Waals surface area contributed by atoms with E-state index >= 15 is 0 Å². The predicted octanol–water partition coefficient (Wildman–Crippen LogP) is 3.45. The minimum atomic E-state index is -0.345. The summed E-state index contributed by atoms with van der Waals surface area (Å²) in [7, 11) is 1.62. The first kappa shape index (κ1) is 20.6. The second-order valence-electron chi connectivity index (χ2n) is 7.42. The second kappa shape index (κ2) is 9.02. The van der Waals surface area contributed by atoms with Gasteiger partial charge in [0.25, 0.3) is 0 Å². The molecule has 1 aromatic heterocycles. The molecule has 7 heteroatoms. The van der Waals surface area contributed by atoms with Gasteiger partial charge in [0, 0.05) is 48.6 Å². The van der Waals surface area contributed by atoms with Gasteiger partial charge in [-0.05, 0) is 41.5 Å². The average molecular weight is 471 g/mol. The van der Waals surface area contributed by atoms with Gasteiger partial charge in [0.1, 0.15) is 11.3 Å². The van der Waals surface area contributed by atoms with Crippen molar-refractivity contribution in [2.24, 2.45) is 0 Å². The van der Waals surface area contributed by atoms with Crippen LogP contribution < -0.4 is 10.4 Å². The number of ether oxygens (including phenoxy) is 1. The van der Waals surface area contributed by atoms with Crippen LogP contribution in [0, 0.1) is 0 Å². The van der Waals surface area contributed by atoms with Gasteiger partial charge in [0.05, 0.1) is 13.5 Å². The van der Waals surface area contributed by atoms with Crippen LogP contribution in [0.25, 0.3) is 11.0 Å². The molecule has 0 saturated carbocycles. The first-order valence-electron chi connectivity index (χ1n) is 9.87. The van der Waals surface area contributed by atoms with Gasteiger partial charge in [-0.15, -0.1) is 0 Å². The Balaban J connectivity index is 1.38. The van der Waals surface area contributed by atoms with Crippen LogP contribution in [0.2, 0.25) is 0 Å². The van der Waals surface area contributed by atoms with Crippen LogP contribution in [0.3, 0.4) is 0 Å². The lowest BCUT2D eigenvalue weighted by atomic mass is 10.1. The van der Waals surface area contributed by atoms with E-state index in [1.807, 2.05) is 47.4 Å². The van der Waals surface area contributed by atoms with E-state index < -0.39 is 0 Å². The van der Waals surface area contributed by atoms with E-state index in [0.717, 1.165) is 39.8 Å². The first-order chi connectivity index (χ1) is 14.5. The largest absolute Gasteiger partial charge is 0.497 e. The normalized spacial score (nSPS) is 14.8. The lowest BCUT2D eigenvalue weighted by Gasteiger charge is -2.35. The van der Waals surface area contributed by atoms with E-state index in [0.29, 0.717) is 31.6 Å². The summed E-state index contributed by atoms with van der Waals surface area (Å²) in [6.45, 7) is 3.54. The number of amides is 1. The van der Waals surface area contributed by atoms with E-state index in [9.17, 15) is 9.59 Å². The van der Waals surface area contributed by atoms with Gasteiger partial charge in [-0.1, -0.05) is 28.1 Å². The van der Waals surface area contributed by atoms with Crippen molar-refractivity contribution in [1.82, 2.24) is 9.80 Å². The monoisotopic (exact) mass is 470 g/mol. The number of benzene rings is 2. The summed E-state index contributed by atoms with van der Waals surface area (Å²) in [5, 5.41) is 0.939. The third-order valence-electron chi connectivity index (χ3n) is 5.40. The number of hydrogen-bond donors (Lipinski definition) is 0. The van der Waals surface area contributed by atoms with E-state index in [2.05, 4.69) is 20.8 Å². The van der Waals surface area contributed by atoms with Gasteiger partial charge in [-0.25, -0.2) is 4.79 Å². The highest BCUT2D eigenvalue weighted by Crippen LogP contribution is 2.23. The molecule has 2 aromatic carbocycles. The molecule has 156 valence electrons. The van der Waals surface area contributed by atoms with Crippen LogP contribution in [0.1, 0.15) is 11.1 Å². The maximum atomic E-state index is 12.7. The molecular weight excluding hydrogens is 448 g/mol. The molecule has 2 heterocycles. The maximum Gasteiger partial charge on any atom is 0.336 e. The SMILES string of the molecule is COc1cccc(CC(=O)N2CCN(Cc3cc(=O)oc4cc(Br)ccc34)CC2)c1. The van der Waals surface area contributed by atoms with Crippen LogP contribution in [-0.2, 0) is 17.8 Å². The molecule has 0 N–H and O–H groups in total. The third kappa shape index (κ3) is 4.74. The second-order valence-corrected chi connectivity index (χ2v) is 8.33. The number of carbonyl (C=O) groups excluding carboxylic acids is 1. The Labute approximate surface area is 183 Å².